The van der Waals surface area contributed by atoms with Crippen LogP contribution in [0.5, 0.6) is 0 Å². The number of anilines is 1. The number of aryl methyl sites for hydroxylation is 1. The molecule has 0 aliphatic rings. The van der Waals surface area contributed by atoms with Crippen molar-refractivity contribution in [3.05, 3.63) is 41.6 Å². The van der Waals surface area contributed by atoms with E-state index in [1.54, 1.807) is 11.7 Å². The van der Waals surface area contributed by atoms with Gasteiger partial charge in [0.05, 0.1) is 11.4 Å². The van der Waals surface area contributed by atoms with E-state index in [2.05, 4.69) is 40.6 Å². The summed E-state index contributed by atoms with van der Waals surface area (Å²) in [5, 5.41) is 20.6. The second-order valence-corrected chi connectivity index (χ2v) is 6.12. The van der Waals surface area contributed by atoms with Crippen LogP contribution in [0.15, 0.2) is 35.3 Å². The largest absolute Gasteiger partial charge is 0.382 e. The number of guanidine groups is 1. The van der Waals surface area contributed by atoms with Crippen LogP contribution < -0.4 is 16.4 Å². The maximum Gasteiger partial charge on any atom is 0.191 e. The van der Waals surface area contributed by atoms with Crippen molar-refractivity contribution in [1.82, 2.24) is 20.4 Å². The van der Waals surface area contributed by atoms with Crippen LogP contribution in [0.25, 0.3) is 5.69 Å². The lowest BCUT2D eigenvalue weighted by Crippen LogP contribution is -2.42. The zero-order chi connectivity index (χ0) is 18.9. The van der Waals surface area contributed by atoms with Crippen LogP contribution in [0.4, 0.5) is 5.82 Å². The molecule has 2 aromatic rings. The van der Waals surface area contributed by atoms with E-state index in [-0.39, 0.29) is 0 Å². The minimum Gasteiger partial charge on any atom is -0.382 e. The average Bonchev–Trinajstić information content (AvgIpc) is 3.00. The van der Waals surface area contributed by atoms with Gasteiger partial charge in [-0.25, -0.2) is 4.68 Å². The highest BCUT2D eigenvalue weighted by Gasteiger charge is 2.16. The molecular formula is C19H27N7. The molecule has 1 aromatic carbocycles. The summed E-state index contributed by atoms with van der Waals surface area (Å²) in [5.41, 5.74) is 8.15. The third-order valence-electron chi connectivity index (χ3n) is 4.21. The van der Waals surface area contributed by atoms with E-state index < -0.39 is 0 Å². The predicted molar refractivity (Wildman–Crippen MR) is 105 cm³/mol. The van der Waals surface area contributed by atoms with Gasteiger partial charge in [-0.2, -0.15) is 10.4 Å². The van der Waals surface area contributed by atoms with Crippen molar-refractivity contribution in [2.75, 3.05) is 19.3 Å². The van der Waals surface area contributed by atoms with Crippen molar-refractivity contribution in [1.29, 1.82) is 5.26 Å². The van der Waals surface area contributed by atoms with E-state index in [1.165, 1.54) is 0 Å². The van der Waals surface area contributed by atoms with Crippen LogP contribution in [-0.4, -0.2) is 35.4 Å². The molecule has 138 valence electrons. The molecule has 0 bridgehead atoms. The third kappa shape index (κ3) is 4.76. The molecule has 0 saturated carbocycles. The molecule has 1 atom stereocenters. The number of aromatic nitrogens is 2. The summed E-state index contributed by atoms with van der Waals surface area (Å²) in [5.74, 6) is 1.17. The van der Waals surface area contributed by atoms with Gasteiger partial charge in [-0.1, -0.05) is 25.1 Å². The van der Waals surface area contributed by atoms with E-state index in [1.807, 2.05) is 30.3 Å². The lowest BCUT2D eigenvalue weighted by molar-refractivity contribution is 0.619. The van der Waals surface area contributed by atoms with Crippen molar-refractivity contribution < 1.29 is 0 Å². The van der Waals surface area contributed by atoms with Crippen LogP contribution in [0.3, 0.4) is 0 Å². The smallest absolute Gasteiger partial charge is 0.191 e. The Morgan fingerprint density at radius 2 is 2.12 bits per heavy atom. The lowest BCUT2D eigenvalue weighted by Gasteiger charge is -2.16. The monoisotopic (exact) mass is 353 g/mol. The number of nitrogen functional groups attached to an aromatic ring is 1. The fourth-order valence-corrected chi connectivity index (χ4v) is 2.53. The summed E-state index contributed by atoms with van der Waals surface area (Å²) in [6.07, 6.45) is 2.52. The highest BCUT2D eigenvalue weighted by molar-refractivity contribution is 5.79. The summed E-state index contributed by atoms with van der Waals surface area (Å²) in [6.45, 7) is 4.98. The Bertz CT molecular complexity index is 771. The Labute approximate surface area is 154 Å². The van der Waals surface area contributed by atoms with Crippen LogP contribution in [0, 0.1) is 11.3 Å². The molecule has 7 nitrogen and oxygen atoms in total. The quantitative estimate of drug-likeness (QED) is 0.402. The van der Waals surface area contributed by atoms with Gasteiger partial charge in [0.1, 0.15) is 17.5 Å². The SMILES string of the molecule is CCC(C)NC(=NC)NCCCc1nn(-c2ccccc2)c(N)c1C#N. The molecule has 1 unspecified atom stereocenters. The van der Waals surface area contributed by atoms with Gasteiger partial charge in [0.15, 0.2) is 5.96 Å². The van der Waals surface area contributed by atoms with Gasteiger partial charge in [0, 0.05) is 19.6 Å². The highest BCUT2D eigenvalue weighted by atomic mass is 15.3. The molecule has 1 aromatic heterocycles. The van der Waals surface area contributed by atoms with E-state index in [0.29, 0.717) is 23.8 Å². The van der Waals surface area contributed by atoms with Gasteiger partial charge in [-0.3, -0.25) is 4.99 Å². The molecule has 0 aliphatic carbocycles. The highest BCUT2D eigenvalue weighted by Crippen LogP contribution is 2.21. The number of nitriles is 1. The maximum absolute atomic E-state index is 9.44. The fourth-order valence-electron chi connectivity index (χ4n) is 2.53. The molecule has 0 fully saturated rings. The molecule has 0 aliphatic heterocycles. The Balaban J connectivity index is 1.99. The molecule has 0 spiro atoms. The molecule has 0 radical (unpaired) electrons. The van der Waals surface area contributed by atoms with Gasteiger partial charge >= 0.3 is 0 Å². The molecular weight excluding hydrogens is 326 g/mol. The number of hydrogen-bond donors (Lipinski definition) is 3. The first-order valence-electron chi connectivity index (χ1n) is 8.90. The van der Waals surface area contributed by atoms with Crippen molar-refractivity contribution in [2.45, 2.75) is 39.2 Å². The zero-order valence-corrected chi connectivity index (χ0v) is 15.7. The Kier molecular flexibility index (Phi) is 7.03. The van der Waals surface area contributed by atoms with Gasteiger partial charge in [-0.05, 0) is 38.3 Å². The van der Waals surface area contributed by atoms with Gasteiger partial charge < -0.3 is 16.4 Å². The van der Waals surface area contributed by atoms with Crippen molar-refractivity contribution in [3.63, 3.8) is 0 Å². The van der Waals surface area contributed by atoms with E-state index in [0.717, 1.165) is 36.7 Å². The molecule has 1 heterocycles. The first-order valence-corrected chi connectivity index (χ1v) is 8.90. The van der Waals surface area contributed by atoms with Crippen LogP contribution in [0.1, 0.15) is 37.9 Å². The molecule has 2 rings (SSSR count). The topological polar surface area (TPSA) is 104 Å². The minimum absolute atomic E-state index is 0.368. The molecule has 7 heteroatoms. The summed E-state index contributed by atoms with van der Waals surface area (Å²) in [4.78, 5) is 4.21. The molecule has 4 N–H and O–H groups in total. The number of nitrogens with zero attached hydrogens (tertiary/aromatic N) is 4. The Hall–Kier alpha value is -3.01. The summed E-state index contributed by atoms with van der Waals surface area (Å²) >= 11 is 0. The minimum atomic E-state index is 0.368. The van der Waals surface area contributed by atoms with Crippen molar-refractivity contribution in [2.24, 2.45) is 4.99 Å². The number of para-hydroxylation sites is 1. The second-order valence-electron chi connectivity index (χ2n) is 6.12. The van der Waals surface area contributed by atoms with Crippen LogP contribution >= 0.6 is 0 Å². The lowest BCUT2D eigenvalue weighted by atomic mass is 10.1. The Morgan fingerprint density at radius 3 is 2.73 bits per heavy atom. The van der Waals surface area contributed by atoms with Crippen LogP contribution in [0.2, 0.25) is 0 Å². The van der Waals surface area contributed by atoms with Crippen molar-refractivity contribution in [3.8, 4) is 11.8 Å². The average molecular weight is 353 g/mol. The first kappa shape index (κ1) is 19.3. The van der Waals surface area contributed by atoms with E-state index in [9.17, 15) is 5.26 Å². The summed E-state index contributed by atoms with van der Waals surface area (Å²) in [6, 6.07) is 12.2. The van der Waals surface area contributed by atoms with Crippen molar-refractivity contribution >= 4 is 11.8 Å². The number of nitrogens with two attached hydrogens (primary N) is 1. The van der Waals surface area contributed by atoms with Crippen LogP contribution in [-0.2, 0) is 6.42 Å². The number of rotatable bonds is 7. The Morgan fingerprint density at radius 1 is 1.38 bits per heavy atom. The normalized spacial score (nSPS) is 12.5. The third-order valence-corrected chi connectivity index (χ3v) is 4.21. The summed E-state index contributed by atoms with van der Waals surface area (Å²) < 4.78 is 1.63. The van der Waals surface area contributed by atoms with Gasteiger partial charge in [0.2, 0.25) is 0 Å². The molecule has 0 amide bonds. The van der Waals surface area contributed by atoms with E-state index >= 15 is 0 Å². The molecule has 0 saturated heterocycles. The number of aliphatic imine (C=N–C) groups is 1. The number of hydrogen-bond acceptors (Lipinski definition) is 4. The van der Waals surface area contributed by atoms with E-state index in [4.69, 9.17) is 5.73 Å². The first-order chi connectivity index (χ1) is 12.6. The number of benzene rings is 1. The fraction of sp³-hybridized carbons (Fsp3) is 0.421. The summed E-state index contributed by atoms with van der Waals surface area (Å²) in [7, 11) is 1.76. The zero-order valence-electron chi connectivity index (χ0n) is 15.7. The van der Waals surface area contributed by atoms with Gasteiger partial charge in [-0.15, -0.1) is 0 Å². The predicted octanol–water partition coefficient (Wildman–Crippen LogP) is 2.22. The maximum atomic E-state index is 9.44. The number of nitrogens with one attached hydrogen (secondary N) is 2. The standard InChI is InChI=1S/C19H27N7/c1-4-14(2)24-19(22-3)23-12-8-11-17-16(13-20)18(21)26(25-17)15-9-6-5-7-10-15/h5-7,9-10,14H,4,8,11-12,21H2,1-3H3,(H2,22,23,24). The molecule has 26 heavy (non-hydrogen) atoms. The van der Waals surface area contributed by atoms with Gasteiger partial charge in [0.25, 0.3) is 0 Å². The second kappa shape index (κ2) is 9.47.